The number of rotatable bonds is 4. The summed E-state index contributed by atoms with van der Waals surface area (Å²) >= 11 is 1.52. The Kier molecular flexibility index (Phi) is 3.59. The first-order chi connectivity index (χ1) is 10.2. The maximum absolute atomic E-state index is 12.0. The van der Waals surface area contributed by atoms with Gasteiger partial charge in [-0.2, -0.15) is 0 Å². The highest BCUT2D eigenvalue weighted by Crippen LogP contribution is 2.31. The van der Waals surface area contributed by atoms with Crippen molar-refractivity contribution in [1.29, 1.82) is 0 Å². The average Bonchev–Trinajstić information content (AvgIpc) is 3.16. The van der Waals surface area contributed by atoms with Crippen molar-refractivity contribution in [2.24, 2.45) is 11.0 Å². The summed E-state index contributed by atoms with van der Waals surface area (Å²) in [5, 5.41) is 13.4. The van der Waals surface area contributed by atoms with E-state index in [9.17, 15) is 4.79 Å². The SMILES string of the molecule is Cc1ccsc1-c1nnc(N2CC(CN=[N+]=[N-])CC2=O)o1. The van der Waals surface area contributed by atoms with Gasteiger partial charge >= 0.3 is 6.01 Å². The van der Waals surface area contributed by atoms with Crippen LogP contribution in [0.5, 0.6) is 0 Å². The Hall–Kier alpha value is -2.38. The van der Waals surface area contributed by atoms with Gasteiger partial charge in [0.15, 0.2) is 0 Å². The summed E-state index contributed by atoms with van der Waals surface area (Å²) in [6.45, 7) is 2.69. The van der Waals surface area contributed by atoms with Gasteiger partial charge in [-0.15, -0.1) is 16.4 Å². The van der Waals surface area contributed by atoms with Crippen LogP contribution in [0.15, 0.2) is 21.0 Å². The van der Waals surface area contributed by atoms with Crippen molar-refractivity contribution in [1.82, 2.24) is 10.2 Å². The van der Waals surface area contributed by atoms with Crippen LogP contribution in [0.3, 0.4) is 0 Å². The van der Waals surface area contributed by atoms with E-state index in [-0.39, 0.29) is 17.8 Å². The van der Waals surface area contributed by atoms with E-state index >= 15 is 0 Å². The molecule has 21 heavy (non-hydrogen) atoms. The van der Waals surface area contributed by atoms with Crippen LogP contribution < -0.4 is 4.90 Å². The summed E-state index contributed by atoms with van der Waals surface area (Å²) in [4.78, 5) is 17.1. The fourth-order valence-corrected chi connectivity index (χ4v) is 3.09. The molecule has 2 aromatic rings. The van der Waals surface area contributed by atoms with Gasteiger partial charge in [0.1, 0.15) is 0 Å². The Bertz CT molecular complexity index is 717. The van der Waals surface area contributed by atoms with E-state index in [2.05, 4.69) is 20.2 Å². The van der Waals surface area contributed by atoms with Crippen LogP contribution in [0.4, 0.5) is 6.01 Å². The number of carbonyl (C=O) groups is 1. The minimum Gasteiger partial charge on any atom is -0.402 e. The van der Waals surface area contributed by atoms with Crippen LogP contribution in [0.1, 0.15) is 12.0 Å². The number of azide groups is 1. The molecule has 0 aromatic carbocycles. The zero-order chi connectivity index (χ0) is 14.8. The highest BCUT2D eigenvalue weighted by atomic mass is 32.1. The van der Waals surface area contributed by atoms with Gasteiger partial charge in [-0.1, -0.05) is 10.2 Å². The normalized spacial score (nSPS) is 18.0. The minimum atomic E-state index is -0.0914. The van der Waals surface area contributed by atoms with Gasteiger partial charge in [-0.25, -0.2) is 0 Å². The molecule has 0 N–H and O–H groups in total. The van der Waals surface area contributed by atoms with Crippen LogP contribution in [0.2, 0.25) is 0 Å². The van der Waals surface area contributed by atoms with Gasteiger partial charge in [-0.05, 0) is 35.4 Å². The third kappa shape index (κ3) is 2.61. The molecule has 1 aliphatic rings. The molecule has 1 aliphatic heterocycles. The second-order valence-corrected chi connectivity index (χ2v) is 5.73. The molecule has 1 amide bonds. The van der Waals surface area contributed by atoms with E-state index in [1.807, 2.05) is 18.4 Å². The Balaban J connectivity index is 1.79. The average molecular weight is 304 g/mol. The summed E-state index contributed by atoms with van der Waals surface area (Å²) in [6.07, 6.45) is 0.328. The molecule has 1 saturated heterocycles. The molecule has 0 radical (unpaired) electrons. The van der Waals surface area contributed by atoms with Gasteiger partial charge in [0, 0.05) is 24.4 Å². The molecule has 2 aromatic heterocycles. The molecule has 3 rings (SSSR count). The van der Waals surface area contributed by atoms with Crippen LogP contribution in [0, 0.1) is 12.8 Å². The van der Waals surface area contributed by atoms with Crippen molar-refractivity contribution in [3.05, 3.63) is 27.5 Å². The molecular weight excluding hydrogens is 292 g/mol. The van der Waals surface area contributed by atoms with E-state index in [0.717, 1.165) is 10.4 Å². The van der Waals surface area contributed by atoms with Crippen molar-refractivity contribution in [2.45, 2.75) is 13.3 Å². The number of carbonyl (C=O) groups excluding carboxylic acids is 1. The van der Waals surface area contributed by atoms with Crippen molar-refractivity contribution >= 4 is 23.3 Å². The molecule has 8 nitrogen and oxygen atoms in total. The number of nitrogens with zero attached hydrogens (tertiary/aromatic N) is 6. The maximum Gasteiger partial charge on any atom is 0.325 e. The molecule has 1 unspecified atom stereocenters. The molecule has 0 aliphatic carbocycles. The van der Waals surface area contributed by atoms with E-state index in [0.29, 0.717) is 25.4 Å². The molecule has 1 fully saturated rings. The highest BCUT2D eigenvalue weighted by molar-refractivity contribution is 7.13. The summed E-state index contributed by atoms with van der Waals surface area (Å²) < 4.78 is 5.61. The summed E-state index contributed by atoms with van der Waals surface area (Å²) in [5.41, 5.74) is 9.39. The van der Waals surface area contributed by atoms with Crippen molar-refractivity contribution < 1.29 is 9.21 Å². The third-order valence-corrected chi connectivity index (χ3v) is 4.31. The Morgan fingerprint density at radius 3 is 3.19 bits per heavy atom. The monoisotopic (exact) mass is 304 g/mol. The number of hydrogen-bond donors (Lipinski definition) is 0. The Morgan fingerprint density at radius 2 is 2.48 bits per heavy atom. The lowest BCUT2D eigenvalue weighted by Gasteiger charge is -2.09. The maximum atomic E-state index is 12.0. The standard InChI is InChI=1S/C12H12N6O2S/c1-7-2-3-21-10(7)11-15-16-12(20-11)18-6-8(4-9(18)19)5-14-17-13/h2-3,8H,4-6H2,1H3. The molecule has 0 spiro atoms. The van der Waals surface area contributed by atoms with Gasteiger partial charge in [0.2, 0.25) is 5.91 Å². The zero-order valence-corrected chi connectivity index (χ0v) is 12.1. The lowest BCUT2D eigenvalue weighted by molar-refractivity contribution is -0.117. The summed E-state index contributed by atoms with van der Waals surface area (Å²) in [7, 11) is 0. The fourth-order valence-electron chi connectivity index (χ4n) is 2.25. The quantitative estimate of drug-likeness (QED) is 0.491. The first-order valence-electron chi connectivity index (χ1n) is 6.38. The molecule has 0 bridgehead atoms. The lowest BCUT2D eigenvalue weighted by Crippen LogP contribution is -2.25. The van der Waals surface area contributed by atoms with E-state index in [1.165, 1.54) is 16.2 Å². The first-order valence-corrected chi connectivity index (χ1v) is 7.26. The second kappa shape index (κ2) is 5.55. The number of thiophene rings is 1. The lowest BCUT2D eigenvalue weighted by atomic mass is 10.1. The van der Waals surface area contributed by atoms with E-state index in [1.54, 1.807) is 0 Å². The molecule has 108 valence electrons. The summed E-state index contributed by atoms with van der Waals surface area (Å²) in [5.74, 6) is 0.322. The number of hydrogen-bond acceptors (Lipinski definition) is 6. The largest absolute Gasteiger partial charge is 0.402 e. The minimum absolute atomic E-state index is 0.00720. The van der Waals surface area contributed by atoms with Gasteiger partial charge < -0.3 is 4.42 Å². The number of aromatic nitrogens is 2. The van der Waals surface area contributed by atoms with E-state index < -0.39 is 0 Å². The van der Waals surface area contributed by atoms with E-state index in [4.69, 9.17) is 9.95 Å². The number of amides is 1. The topological polar surface area (TPSA) is 108 Å². The van der Waals surface area contributed by atoms with Crippen molar-refractivity contribution in [3.8, 4) is 10.8 Å². The third-order valence-electron chi connectivity index (χ3n) is 3.31. The predicted octanol–water partition coefficient (Wildman–Crippen LogP) is 2.77. The van der Waals surface area contributed by atoms with Crippen molar-refractivity contribution in [3.63, 3.8) is 0 Å². The van der Waals surface area contributed by atoms with Gasteiger partial charge in [0.25, 0.3) is 5.89 Å². The molecule has 1 atom stereocenters. The molecule has 9 heteroatoms. The smallest absolute Gasteiger partial charge is 0.325 e. The van der Waals surface area contributed by atoms with Crippen LogP contribution in [0.25, 0.3) is 21.2 Å². The van der Waals surface area contributed by atoms with Gasteiger partial charge in [0.05, 0.1) is 4.88 Å². The molecule has 3 heterocycles. The molecular formula is C12H12N6O2S. The zero-order valence-electron chi connectivity index (χ0n) is 11.3. The highest BCUT2D eigenvalue weighted by Gasteiger charge is 2.33. The fraction of sp³-hybridized carbons (Fsp3) is 0.417. The first kappa shape index (κ1) is 13.6. The van der Waals surface area contributed by atoms with Crippen LogP contribution in [-0.4, -0.2) is 29.2 Å². The summed E-state index contributed by atoms with van der Waals surface area (Å²) in [6, 6.07) is 2.17. The van der Waals surface area contributed by atoms with Crippen molar-refractivity contribution in [2.75, 3.05) is 18.0 Å². The van der Waals surface area contributed by atoms with Gasteiger partial charge in [-0.3, -0.25) is 9.69 Å². The molecule has 0 saturated carbocycles. The van der Waals surface area contributed by atoms with Crippen LogP contribution in [-0.2, 0) is 4.79 Å². The second-order valence-electron chi connectivity index (χ2n) is 4.81. The number of anilines is 1. The van der Waals surface area contributed by atoms with Crippen LogP contribution >= 0.6 is 11.3 Å². The predicted molar refractivity (Wildman–Crippen MR) is 76.8 cm³/mol. The Labute approximate surface area is 124 Å². The Morgan fingerprint density at radius 1 is 1.62 bits per heavy atom. The number of aryl methyl sites for hydroxylation is 1.